The lowest BCUT2D eigenvalue weighted by Crippen LogP contribution is -2.36. The summed E-state index contributed by atoms with van der Waals surface area (Å²) in [5, 5.41) is 12.2. The van der Waals surface area contributed by atoms with E-state index in [1.807, 2.05) is 18.9 Å². The molecule has 1 aromatic heterocycles. The van der Waals surface area contributed by atoms with Crippen molar-refractivity contribution in [2.75, 3.05) is 24.2 Å². The number of amidine groups is 1. The quantitative estimate of drug-likeness (QED) is 0.123. The van der Waals surface area contributed by atoms with E-state index in [0.717, 1.165) is 5.56 Å². The first-order valence-electron chi connectivity index (χ1n) is 11.3. The van der Waals surface area contributed by atoms with Gasteiger partial charge in [-0.2, -0.15) is 0 Å². The number of amides is 1. The number of hydrogen-bond donors (Lipinski definition) is 5. The number of pyridine rings is 1. The highest BCUT2D eigenvalue weighted by atomic mass is 16.5. The van der Waals surface area contributed by atoms with Crippen molar-refractivity contribution >= 4 is 23.1 Å². The first-order chi connectivity index (χ1) is 16.8. The molecule has 0 fully saturated rings. The molecule has 10 heteroatoms. The molecule has 2 aromatic carbocycles. The lowest BCUT2D eigenvalue weighted by molar-refractivity contribution is -0.121. The zero-order chi connectivity index (χ0) is 25.4. The highest BCUT2D eigenvalue weighted by Crippen LogP contribution is 2.23. The van der Waals surface area contributed by atoms with Gasteiger partial charge in [-0.3, -0.25) is 19.6 Å². The number of hydrogen-bond acceptors (Lipinski definition) is 7. The number of nitrogens with one attached hydrogen (secondary N) is 3. The van der Waals surface area contributed by atoms with Crippen LogP contribution in [0.15, 0.2) is 65.5 Å². The van der Waals surface area contributed by atoms with Gasteiger partial charge in [0.05, 0.1) is 0 Å². The second-order valence-electron chi connectivity index (χ2n) is 7.82. The largest absolute Gasteiger partial charge is 0.441 e. The third-order valence-electron chi connectivity index (χ3n) is 5.31. The lowest BCUT2D eigenvalue weighted by atomic mass is 10.1. The number of benzene rings is 2. The number of anilines is 2. The molecule has 0 aliphatic heterocycles. The van der Waals surface area contributed by atoms with Crippen molar-refractivity contribution in [1.82, 2.24) is 14.9 Å². The van der Waals surface area contributed by atoms with E-state index in [0.29, 0.717) is 35.8 Å². The second kappa shape index (κ2) is 11.7. The van der Waals surface area contributed by atoms with Crippen molar-refractivity contribution in [2.24, 2.45) is 5.73 Å². The molecule has 3 aromatic rings. The standard InChI is InChI=1S/C25H31N7O3/c1-3-31(4-2)30-21-12-13-23(35-20-7-5-6-19(26)14-20)32(25(21)34)16-22(33)29-15-17-8-10-18(11-9-17)24(27)28/h5-14,30H,3-4,15-16,26H2,1-2H3,(H3,27,28)(H,29,33). The highest BCUT2D eigenvalue weighted by Gasteiger charge is 2.15. The van der Waals surface area contributed by atoms with Crippen LogP contribution in [-0.4, -0.2) is 34.4 Å². The summed E-state index contributed by atoms with van der Waals surface area (Å²) in [6.07, 6.45) is 0. The molecule has 184 valence electrons. The van der Waals surface area contributed by atoms with Crippen LogP contribution in [0.2, 0.25) is 0 Å². The summed E-state index contributed by atoms with van der Waals surface area (Å²) >= 11 is 0. The molecule has 0 bridgehead atoms. The Balaban J connectivity index is 1.82. The SMILES string of the molecule is CCN(CC)Nc1ccc(Oc2cccc(N)c2)n(CC(=O)NCc2ccc(C(=N)N)cc2)c1=O. The van der Waals surface area contributed by atoms with Crippen LogP contribution in [0, 0.1) is 5.41 Å². The lowest BCUT2D eigenvalue weighted by Gasteiger charge is -2.22. The summed E-state index contributed by atoms with van der Waals surface area (Å²) in [6.45, 7) is 5.36. The second-order valence-corrected chi connectivity index (χ2v) is 7.82. The zero-order valence-electron chi connectivity index (χ0n) is 19.9. The van der Waals surface area contributed by atoms with Crippen LogP contribution in [0.5, 0.6) is 11.6 Å². The molecule has 0 radical (unpaired) electrons. The molecular formula is C25H31N7O3. The first-order valence-corrected chi connectivity index (χ1v) is 11.3. The van der Waals surface area contributed by atoms with Gasteiger partial charge < -0.3 is 26.9 Å². The Kier molecular flexibility index (Phi) is 8.47. The summed E-state index contributed by atoms with van der Waals surface area (Å²) < 4.78 is 7.19. The summed E-state index contributed by atoms with van der Waals surface area (Å²) in [5.74, 6) is 0.284. The smallest absolute Gasteiger partial charge is 0.278 e. The number of carbonyl (C=O) groups is 1. The Hall–Kier alpha value is -4.31. The number of nitrogen functional groups attached to an aromatic ring is 2. The molecule has 0 saturated heterocycles. The van der Waals surface area contributed by atoms with Crippen LogP contribution < -0.4 is 32.5 Å². The summed E-state index contributed by atoms with van der Waals surface area (Å²) in [7, 11) is 0. The number of rotatable bonds is 11. The van der Waals surface area contributed by atoms with Gasteiger partial charge in [-0.1, -0.05) is 44.2 Å². The van der Waals surface area contributed by atoms with Gasteiger partial charge >= 0.3 is 0 Å². The van der Waals surface area contributed by atoms with Gasteiger partial charge in [0.1, 0.15) is 23.8 Å². The van der Waals surface area contributed by atoms with E-state index in [9.17, 15) is 9.59 Å². The number of hydrazine groups is 1. The van der Waals surface area contributed by atoms with Crippen LogP contribution in [0.4, 0.5) is 11.4 Å². The van der Waals surface area contributed by atoms with Crippen LogP contribution in [0.3, 0.4) is 0 Å². The van der Waals surface area contributed by atoms with E-state index >= 15 is 0 Å². The Morgan fingerprint density at radius 3 is 2.43 bits per heavy atom. The van der Waals surface area contributed by atoms with Crippen molar-refractivity contribution in [3.63, 3.8) is 0 Å². The average molecular weight is 478 g/mol. The van der Waals surface area contributed by atoms with E-state index in [-0.39, 0.29) is 36.3 Å². The fraction of sp³-hybridized carbons (Fsp3) is 0.240. The molecule has 3 rings (SSSR count). The highest BCUT2D eigenvalue weighted by molar-refractivity contribution is 5.94. The van der Waals surface area contributed by atoms with Gasteiger partial charge in [0.2, 0.25) is 11.8 Å². The average Bonchev–Trinajstić information content (AvgIpc) is 2.85. The summed E-state index contributed by atoms with van der Waals surface area (Å²) in [4.78, 5) is 26.1. The zero-order valence-corrected chi connectivity index (χ0v) is 19.9. The van der Waals surface area contributed by atoms with Crippen molar-refractivity contribution < 1.29 is 9.53 Å². The van der Waals surface area contributed by atoms with Gasteiger partial charge in [-0.25, -0.2) is 5.01 Å². The van der Waals surface area contributed by atoms with Crippen molar-refractivity contribution in [3.8, 4) is 11.6 Å². The third-order valence-corrected chi connectivity index (χ3v) is 5.31. The number of ether oxygens (including phenoxy) is 1. The molecule has 35 heavy (non-hydrogen) atoms. The Bertz CT molecular complexity index is 1230. The Labute approximate surface area is 204 Å². The fourth-order valence-corrected chi connectivity index (χ4v) is 3.34. The maximum atomic E-state index is 13.3. The minimum Gasteiger partial charge on any atom is -0.441 e. The van der Waals surface area contributed by atoms with Gasteiger partial charge in [-0.15, -0.1) is 0 Å². The summed E-state index contributed by atoms with van der Waals surface area (Å²) in [6, 6.07) is 17.1. The molecule has 0 aliphatic rings. The third kappa shape index (κ3) is 6.84. The monoisotopic (exact) mass is 477 g/mol. The van der Waals surface area contributed by atoms with Gasteiger partial charge in [-0.05, 0) is 23.8 Å². The topological polar surface area (TPSA) is 151 Å². The molecule has 0 saturated carbocycles. The normalized spacial score (nSPS) is 10.7. The predicted octanol–water partition coefficient (Wildman–Crippen LogP) is 2.49. The Morgan fingerprint density at radius 2 is 1.80 bits per heavy atom. The molecule has 0 atom stereocenters. The number of aromatic nitrogens is 1. The number of nitrogens with zero attached hydrogens (tertiary/aromatic N) is 2. The van der Waals surface area contributed by atoms with Crippen molar-refractivity contribution in [1.29, 1.82) is 5.41 Å². The van der Waals surface area contributed by atoms with Crippen LogP contribution in [-0.2, 0) is 17.9 Å². The van der Waals surface area contributed by atoms with E-state index in [4.69, 9.17) is 21.6 Å². The maximum absolute atomic E-state index is 13.3. The predicted molar refractivity (Wildman–Crippen MR) is 137 cm³/mol. The van der Waals surface area contributed by atoms with Crippen LogP contribution >= 0.6 is 0 Å². The molecule has 0 spiro atoms. The molecule has 10 nitrogen and oxygen atoms in total. The summed E-state index contributed by atoms with van der Waals surface area (Å²) in [5.41, 5.74) is 16.3. The van der Waals surface area contributed by atoms with Crippen LogP contribution in [0.1, 0.15) is 25.0 Å². The molecule has 1 heterocycles. The molecule has 7 N–H and O–H groups in total. The van der Waals surface area contributed by atoms with E-state index in [1.165, 1.54) is 4.57 Å². The molecular weight excluding hydrogens is 446 g/mol. The molecule has 1 amide bonds. The Morgan fingerprint density at radius 1 is 1.09 bits per heavy atom. The van der Waals surface area contributed by atoms with E-state index < -0.39 is 0 Å². The number of carbonyl (C=O) groups excluding carboxylic acids is 1. The first kappa shape index (κ1) is 25.3. The maximum Gasteiger partial charge on any atom is 0.278 e. The van der Waals surface area contributed by atoms with Gasteiger partial charge in [0.25, 0.3) is 5.56 Å². The molecule has 0 aliphatic carbocycles. The van der Waals surface area contributed by atoms with Crippen LogP contribution in [0.25, 0.3) is 0 Å². The molecule has 0 unspecified atom stereocenters. The van der Waals surface area contributed by atoms with E-state index in [2.05, 4.69) is 10.7 Å². The fourth-order valence-electron chi connectivity index (χ4n) is 3.34. The number of nitrogens with two attached hydrogens (primary N) is 2. The van der Waals surface area contributed by atoms with Gasteiger partial charge in [0, 0.05) is 43.0 Å². The van der Waals surface area contributed by atoms with Crippen molar-refractivity contribution in [2.45, 2.75) is 26.9 Å². The van der Waals surface area contributed by atoms with Gasteiger partial charge in [0.15, 0.2) is 0 Å². The van der Waals surface area contributed by atoms with E-state index in [1.54, 1.807) is 60.7 Å². The minimum absolute atomic E-state index is 0.0223. The minimum atomic E-state index is -0.390. The van der Waals surface area contributed by atoms with Crippen molar-refractivity contribution in [3.05, 3.63) is 82.1 Å².